The second-order valence-electron chi connectivity index (χ2n) is 6.68. The summed E-state index contributed by atoms with van der Waals surface area (Å²) in [6.07, 6.45) is -0.905. The third kappa shape index (κ3) is 5.28. The fraction of sp³-hybridized carbons (Fsp3) is 0.300. The Morgan fingerprint density at radius 1 is 1.22 bits per heavy atom. The summed E-state index contributed by atoms with van der Waals surface area (Å²) >= 11 is 0. The zero-order valence-electron chi connectivity index (χ0n) is 16.9. The van der Waals surface area contributed by atoms with Crippen molar-refractivity contribution in [2.45, 2.75) is 13.5 Å². The minimum atomic E-state index is -1.49. The summed E-state index contributed by atoms with van der Waals surface area (Å²) < 4.78 is 48.9. The third-order valence-electron chi connectivity index (χ3n) is 4.34. The molecule has 12 heteroatoms. The van der Waals surface area contributed by atoms with E-state index in [2.05, 4.69) is 5.32 Å². The molecule has 0 atom stereocenters. The monoisotopic (exact) mass is 455 g/mol. The lowest BCUT2D eigenvalue weighted by atomic mass is 10.1. The molecule has 1 aliphatic rings. The van der Waals surface area contributed by atoms with Crippen LogP contribution in [-0.2, 0) is 21.0 Å². The Kier molecular flexibility index (Phi) is 7.51. The molecule has 0 unspecified atom stereocenters. The number of cyclic esters (lactones) is 1. The van der Waals surface area contributed by atoms with Gasteiger partial charge >= 0.3 is 6.09 Å². The number of hydrogen-bond donors (Lipinski definition) is 3. The van der Waals surface area contributed by atoms with Crippen LogP contribution in [0.3, 0.4) is 0 Å². The Bertz CT molecular complexity index is 1020. The standard InChI is InChI=1S/C20H20F3N3O6/c1-11-2-3-15(14(21)8-11)24-18-13(19(28)25-31-5-4-27)9-12(16(22)17(18)23)10-26-20(29)30-6-7-32-26/h2-3,8-9,24,27H,4-7,10H2,1H3,(H,25,28). The Morgan fingerprint density at radius 2 is 2.00 bits per heavy atom. The smallest absolute Gasteiger partial charge is 0.434 e. The second-order valence-corrected chi connectivity index (χ2v) is 6.68. The van der Waals surface area contributed by atoms with E-state index in [9.17, 15) is 18.4 Å². The lowest BCUT2D eigenvalue weighted by Gasteiger charge is -2.26. The van der Waals surface area contributed by atoms with E-state index in [1.807, 2.05) is 5.48 Å². The summed E-state index contributed by atoms with van der Waals surface area (Å²) in [7, 11) is 0. The summed E-state index contributed by atoms with van der Waals surface area (Å²) in [4.78, 5) is 34.1. The Labute approximate surface area is 180 Å². The van der Waals surface area contributed by atoms with E-state index < -0.39 is 59.4 Å². The third-order valence-corrected chi connectivity index (χ3v) is 4.34. The van der Waals surface area contributed by atoms with Gasteiger partial charge in [-0.25, -0.2) is 23.4 Å². The molecule has 2 aromatic rings. The molecule has 1 aliphatic heterocycles. The number of nitrogens with one attached hydrogen (secondary N) is 2. The number of ether oxygens (including phenoxy) is 1. The number of rotatable bonds is 8. The van der Waals surface area contributed by atoms with E-state index in [1.54, 1.807) is 6.92 Å². The number of benzene rings is 2. The van der Waals surface area contributed by atoms with Gasteiger partial charge in [-0.15, -0.1) is 0 Å². The van der Waals surface area contributed by atoms with Crippen molar-refractivity contribution < 1.29 is 42.3 Å². The van der Waals surface area contributed by atoms with Gasteiger partial charge in [-0.2, -0.15) is 5.06 Å². The Balaban J connectivity index is 2.00. The number of aliphatic hydroxyl groups excluding tert-OH is 1. The molecule has 0 aromatic heterocycles. The van der Waals surface area contributed by atoms with Crippen molar-refractivity contribution in [1.29, 1.82) is 0 Å². The topological polar surface area (TPSA) is 109 Å². The molecule has 9 nitrogen and oxygen atoms in total. The van der Waals surface area contributed by atoms with E-state index in [1.165, 1.54) is 18.2 Å². The number of hydrogen-bond acceptors (Lipinski definition) is 7. The molecule has 2 aromatic carbocycles. The highest BCUT2D eigenvalue weighted by Gasteiger charge is 2.28. The molecule has 1 saturated heterocycles. The maximum atomic E-state index is 15.0. The molecule has 0 saturated carbocycles. The van der Waals surface area contributed by atoms with Crippen LogP contribution in [0.4, 0.5) is 29.3 Å². The van der Waals surface area contributed by atoms with Gasteiger partial charge in [0.2, 0.25) is 0 Å². The van der Waals surface area contributed by atoms with Crippen molar-refractivity contribution >= 4 is 23.4 Å². The van der Waals surface area contributed by atoms with Crippen LogP contribution in [0, 0.1) is 24.4 Å². The molecular formula is C20H20F3N3O6. The first-order chi connectivity index (χ1) is 15.3. The summed E-state index contributed by atoms with van der Waals surface area (Å²) in [5.74, 6) is -4.62. The number of amides is 2. The fourth-order valence-corrected chi connectivity index (χ4v) is 2.83. The highest BCUT2D eigenvalue weighted by molar-refractivity contribution is 6.00. The van der Waals surface area contributed by atoms with Crippen LogP contribution < -0.4 is 10.8 Å². The number of nitrogens with zero attached hydrogens (tertiary/aromatic N) is 1. The number of hydroxylamine groups is 3. The predicted molar refractivity (Wildman–Crippen MR) is 104 cm³/mol. The molecular weight excluding hydrogens is 435 g/mol. The fourth-order valence-electron chi connectivity index (χ4n) is 2.83. The van der Waals surface area contributed by atoms with Crippen molar-refractivity contribution in [1.82, 2.24) is 10.5 Å². The summed E-state index contributed by atoms with van der Waals surface area (Å²) in [5.41, 5.74) is 0.881. The van der Waals surface area contributed by atoms with E-state index in [0.717, 1.165) is 6.07 Å². The molecule has 3 N–H and O–H groups in total. The summed E-state index contributed by atoms with van der Waals surface area (Å²) in [5, 5.41) is 11.9. The quantitative estimate of drug-likeness (QED) is 0.415. The summed E-state index contributed by atoms with van der Waals surface area (Å²) in [6, 6.07) is 4.99. The minimum Gasteiger partial charge on any atom is -0.445 e. The number of carbonyl (C=O) groups excluding carboxylic acids is 2. The number of anilines is 2. The highest BCUT2D eigenvalue weighted by Crippen LogP contribution is 2.31. The SMILES string of the molecule is Cc1ccc(Nc2c(C(=O)NOCCO)cc(CN3OCCOC3=O)c(F)c2F)c(F)c1. The second kappa shape index (κ2) is 10.3. The molecule has 172 valence electrons. The average molecular weight is 455 g/mol. The number of aliphatic hydroxyl groups is 1. The lowest BCUT2D eigenvalue weighted by Crippen LogP contribution is -2.38. The molecule has 1 heterocycles. The van der Waals surface area contributed by atoms with E-state index >= 15 is 4.39 Å². The molecule has 0 radical (unpaired) electrons. The van der Waals surface area contributed by atoms with E-state index in [0.29, 0.717) is 10.6 Å². The van der Waals surface area contributed by atoms with Crippen molar-refractivity contribution in [3.8, 4) is 0 Å². The number of carbonyl (C=O) groups is 2. The minimum absolute atomic E-state index is 0.00694. The van der Waals surface area contributed by atoms with E-state index in [4.69, 9.17) is 19.5 Å². The van der Waals surface area contributed by atoms with Gasteiger partial charge in [0, 0.05) is 5.56 Å². The van der Waals surface area contributed by atoms with Crippen LogP contribution >= 0.6 is 0 Å². The first-order valence-corrected chi connectivity index (χ1v) is 9.46. The number of halogens is 3. The van der Waals surface area contributed by atoms with Gasteiger partial charge in [-0.05, 0) is 30.7 Å². The molecule has 32 heavy (non-hydrogen) atoms. The Hall–Kier alpha value is -3.35. The molecule has 2 amide bonds. The maximum Gasteiger partial charge on any atom is 0.434 e. The zero-order chi connectivity index (χ0) is 23.3. The van der Waals surface area contributed by atoms with Gasteiger partial charge < -0.3 is 15.2 Å². The van der Waals surface area contributed by atoms with Crippen molar-refractivity contribution in [3.05, 3.63) is 58.4 Å². The molecule has 0 spiro atoms. The van der Waals surface area contributed by atoms with Crippen LogP contribution in [-0.4, -0.2) is 48.6 Å². The van der Waals surface area contributed by atoms with Crippen LogP contribution in [0.15, 0.2) is 24.3 Å². The highest BCUT2D eigenvalue weighted by atomic mass is 19.2. The van der Waals surface area contributed by atoms with Crippen LogP contribution in [0.5, 0.6) is 0 Å². The normalized spacial score (nSPS) is 13.7. The first kappa shape index (κ1) is 23.3. The lowest BCUT2D eigenvalue weighted by molar-refractivity contribution is -0.181. The maximum absolute atomic E-state index is 15.0. The van der Waals surface area contributed by atoms with Crippen molar-refractivity contribution in [3.63, 3.8) is 0 Å². The average Bonchev–Trinajstić information content (AvgIpc) is 2.76. The zero-order valence-corrected chi connectivity index (χ0v) is 16.9. The van der Waals surface area contributed by atoms with Gasteiger partial charge in [-0.1, -0.05) is 6.07 Å². The molecule has 0 aliphatic carbocycles. The number of aryl methyl sites for hydroxylation is 1. The van der Waals surface area contributed by atoms with Crippen molar-refractivity contribution in [2.24, 2.45) is 0 Å². The Morgan fingerprint density at radius 3 is 2.69 bits per heavy atom. The van der Waals surface area contributed by atoms with Crippen LogP contribution in [0.2, 0.25) is 0 Å². The molecule has 0 bridgehead atoms. The largest absolute Gasteiger partial charge is 0.445 e. The van der Waals surface area contributed by atoms with Gasteiger partial charge in [0.25, 0.3) is 5.91 Å². The van der Waals surface area contributed by atoms with Crippen LogP contribution in [0.1, 0.15) is 21.5 Å². The van der Waals surface area contributed by atoms with Crippen LogP contribution in [0.25, 0.3) is 0 Å². The molecule has 3 rings (SSSR count). The van der Waals surface area contributed by atoms with Gasteiger partial charge in [0.1, 0.15) is 19.0 Å². The predicted octanol–water partition coefficient (Wildman–Crippen LogP) is 2.69. The van der Waals surface area contributed by atoms with Crippen molar-refractivity contribution in [2.75, 3.05) is 31.7 Å². The van der Waals surface area contributed by atoms with Gasteiger partial charge in [-0.3, -0.25) is 14.5 Å². The van der Waals surface area contributed by atoms with E-state index in [-0.39, 0.29) is 25.5 Å². The van der Waals surface area contributed by atoms with Gasteiger partial charge in [0.15, 0.2) is 11.6 Å². The summed E-state index contributed by atoms with van der Waals surface area (Å²) in [6.45, 7) is 0.450. The first-order valence-electron chi connectivity index (χ1n) is 9.46. The van der Waals surface area contributed by atoms with Gasteiger partial charge in [0.05, 0.1) is 36.7 Å². The molecule has 1 fully saturated rings.